The van der Waals surface area contributed by atoms with E-state index in [1.807, 2.05) is 0 Å². The summed E-state index contributed by atoms with van der Waals surface area (Å²) in [7, 11) is -3.57. The van der Waals surface area contributed by atoms with Crippen LogP contribution in [0.1, 0.15) is 20.3 Å². The fourth-order valence-electron chi connectivity index (χ4n) is 2.23. The predicted molar refractivity (Wildman–Crippen MR) is 49.7 cm³/mol. The summed E-state index contributed by atoms with van der Waals surface area (Å²) in [5, 5.41) is 8.03. The van der Waals surface area contributed by atoms with E-state index in [-0.39, 0.29) is 6.42 Å². The van der Waals surface area contributed by atoms with Gasteiger partial charge in [0.2, 0.25) is 5.91 Å². The van der Waals surface area contributed by atoms with E-state index >= 15 is 0 Å². The third kappa shape index (κ3) is 0.961. The zero-order chi connectivity index (χ0) is 11.6. The fraction of sp³-hybridized carbons (Fsp3) is 0.750. The lowest BCUT2D eigenvalue weighted by molar-refractivity contribution is -0.157. The Hall–Kier alpha value is -1.11. The Kier molecular flexibility index (Phi) is 1.75. The zero-order valence-electron chi connectivity index (χ0n) is 8.30. The van der Waals surface area contributed by atoms with Gasteiger partial charge in [0.05, 0.1) is 11.2 Å². The maximum absolute atomic E-state index is 11.9. The standard InChI is InChI=1S/C8H11NO5S/c1-8(2)6(7(11)12)9-4(10)3-5(9)15(8,13)14/h5-6H,3H2,1-2H3,(H,11,12)/t5-,6-/m1/s1. The number of rotatable bonds is 1. The SMILES string of the molecule is CC1(C)[C@@H](C(=O)O)N2C(=O)C[C@H]2S1(=O)=O. The molecule has 0 unspecified atom stereocenters. The number of carboxylic acids is 1. The maximum atomic E-state index is 11.9. The molecule has 7 heteroatoms. The van der Waals surface area contributed by atoms with Gasteiger partial charge in [-0.3, -0.25) is 4.79 Å². The molecule has 2 fully saturated rings. The lowest BCUT2D eigenvalue weighted by Crippen LogP contribution is -2.57. The molecule has 0 bridgehead atoms. The molecule has 2 aliphatic rings. The van der Waals surface area contributed by atoms with Gasteiger partial charge in [-0.25, -0.2) is 13.2 Å². The van der Waals surface area contributed by atoms with Crippen molar-refractivity contribution >= 4 is 21.7 Å². The van der Waals surface area contributed by atoms with Crippen LogP contribution in [0.25, 0.3) is 0 Å². The Balaban J connectivity index is 2.57. The van der Waals surface area contributed by atoms with Crippen molar-refractivity contribution in [2.45, 2.75) is 36.4 Å². The van der Waals surface area contributed by atoms with E-state index in [9.17, 15) is 18.0 Å². The molecule has 2 rings (SSSR count). The van der Waals surface area contributed by atoms with Gasteiger partial charge in [0.25, 0.3) is 0 Å². The first kappa shape index (κ1) is 10.4. The number of β-lactam (4-membered cyclic amide) rings is 1. The van der Waals surface area contributed by atoms with E-state index in [0.29, 0.717) is 0 Å². The molecule has 0 radical (unpaired) electrons. The van der Waals surface area contributed by atoms with Crippen molar-refractivity contribution in [2.24, 2.45) is 0 Å². The molecule has 2 heterocycles. The van der Waals surface area contributed by atoms with Gasteiger partial charge < -0.3 is 10.0 Å². The molecule has 0 aromatic carbocycles. The second-order valence-corrected chi connectivity index (χ2v) is 7.04. The summed E-state index contributed by atoms with van der Waals surface area (Å²) < 4.78 is 22.4. The quantitative estimate of drug-likeness (QED) is 0.599. The second kappa shape index (κ2) is 2.52. The number of fused-ring (bicyclic) bond motifs is 1. The van der Waals surface area contributed by atoms with Crippen molar-refractivity contribution < 1.29 is 23.1 Å². The first-order valence-electron chi connectivity index (χ1n) is 4.48. The number of hydrogen-bond donors (Lipinski definition) is 1. The average Bonchev–Trinajstić information content (AvgIpc) is 2.19. The Morgan fingerprint density at radius 1 is 1.53 bits per heavy atom. The van der Waals surface area contributed by atoms with E-state index in [1.54, 1.807) is 0 Å². The van der Waals surface area contributed by atoms with E-state index in [0.717, 1.165) is 4.90 Å². The fourth-order valence-corrected chi connectivity index (χ4v) is 4.36. The van der Waals surface area contributed by atoms with E-state index in [2.05, 4.69) is 0 Å². The topological polar surface area (TPSA) is 91.8 Å². The molecular weight excluding hydrogens is 222 g/mol. The van der Waals surface area contributed by atoms with Gasteiger partial charge in [0, 0.05) is 0 Å². The van der Waals surface area contributed by atoms with Crippen LogP contribution < -0.4 is 0 Å². The van der Waals surface area contributed by atoms with Crippen LogP contribution in [-0.4, -0.2) is 46.5 Å². The number of carboxylic acid groups (broad SMARTS) is 1. The molecule has 1 N–H and O–H groups in total. The van der Waals surface area contributed by atoms with Gasteiger partial charge in [-0.05, 0) is 13.8 Å². The smallest absolute Gasteiger partial charge is 0.328 e. The number of nitrogens with zero attached hydrogens (tertiary/aromatic N) is 1. The number of sulfone groups is 1. The first-order valence-corrected chi connectivity index (χ1v) is 6.03. The molecular formula is C8H11NO5S. The molecule has 2 aliphatic heterocycles. The maximum Gasteiger partial charge on any atom is 0.328 e. The Labute approximate surface area is 86.8 Å². The summed E-state index contributed by atoms with van der Waals surface area (Å²) in [4.78, 5) is 23.2. The molecule has 2 atom stereocenters. The third-order valence-corrected chi connectivity index (χ3v) is 6.01. The highest BCUT2D eigenvalue weighted by atomic mass is 32.2. The summed E-state index contributed by atoms with van der Waals surface area (Å²) in [6, 6.07) is -1.26. The minimum Gasteiger partial charge on any atom is -0.480 e. The van der Waals surface area contributed by atoms with Crippen molar-refractivity contribution in [2.75, 3.05) is 0 Å². The van der Waals surface area contributed by atoms with E-state index in [1.165, 1.54) is 13.8 Å². The predicted octanol–water partition coefficient (Wildman–Crippen LogP) is -0.795. The van der Waals surface area contributed by atoms with Crippen molar-refractivity contribution in [1.82, 2.24) is 4.90 Å². The van der Waals surface area contributed by atoms with Crippen LogP contribution in [-0.2, 0) is 19.4 Å². The van der Waals surface area contributed by atoms with Crippen molar-refractivity contribution in [1.29, 1.82) is 0 Å². The van der Waals surface area contributed by atoms with Crippen LogP contribution in [0.15, 0.2) is 0 Å². The van der Waals surface area contributed by atoms with Gasteiger partial charge in [0.1, 0.15) is 11.4 Å². The first-order chi connectivity index (χ1) is 6.71. The van der Waals surface area contributed by atoms with Gasteiger partial charge in [-0.1, -0.05) is 0 Å². The summed E-state index contributed by atoms with van der Waals surface area (Å²) in [6.45, 7) is 2.71. The van der Waals surface area contributed by atoms with Crippen LogP contribution in [0.4, 0.5) is 0 Å². The molecule has 1 amide bonds. The minimum absolute atomic E-state index is 0.0878. The largest absolute Gasteiger partial charge is 0.480 e. The lowest BCUT2D eigenvalue weighted by Gasteiger charge is -2.35. The molecule has 0 aromatic heterocycles. The number of hydrogen-bond acceptors (Lipinski definition) is 4. The number of amides is 1. The minimum atomic E-state index is -3.57. The molecule has 0 aliphatic carbocycles. The molecule has 0 spiro atoms. The van der Waals surface area contributed by atoms with Crippen LogP contribution in [0.2, 0.25) is 0 Å². The highest BCUT2D eigenvalue weighted by Gasteiger charge is 2.67. The van der Waals surface area contributed by atoms with Crippen LogP contribution in [0.5, 0.6) is 0 Å². The molecule has 6 nitrogen and oxygen atoms in total. The van der Waals surface area contributed by atoms with Crippen molar-refractivity contribution in [3.05, 3.63) is 0 Å². The zero-order valence-corrected chi connectivity index (χ0v) is 9.11. The van der Waals surface area contributed by atoms with Crippen LogP contribution in [0, 0.1) is 0 Å². The van der Waals surface area contributed by atoms with Crippen LogP contribution in [0.3, 0.4) is 0 Å². The number of carbonyl (C=O) groups excluding carboxylic acids is 1. The average molecular weight is 233 g/mol. The van der Waals surface area contributed by atoms with Crippen molar-refractivity contribution in [3.63, 3.8) is 0 Å². The summed E-state index contributed by atoms with van der Waals surface area (Å²) in [6.07, 6.45) is -0.0878. The van der Waals surface area contributed by atoms with Gasteiger partial charge >= 0.3 is 5.97 Å². The highest BCUT2D eigenvalue weighted by molar-refractivity contribution is 7.93. The second-order valence-electron chi connectivity index (χ2n) is 4.35. The normalized spacial score (nSPS) is 35.9. The Bertz CT molecular complexity index is 452. The van der Waals surface area contributed by atoms with Crippen molar-refractivity contribution in [3.8, 4) is 0 Å². The highest BCUT2D eigenvalue weighted by Crippen LogP contribution is 2.45. The van der Waals surface area contributed by atoms with Gasteiger partial charge in [-0.15, -0.1) is 0 Å². The number of carbonyl (C=O) groups is 2. The molecule has 0 saturated carbocycles. The van der Waals surface area contributed by atoms with Crippen LogP contribution >= 0.6 is 0 Å². The third-order valence-electron chi connectivity index (χ3n) is 3.21. The van der Waals surface area contributed by atoms with Gasteiger partial charge in [-0.2, -0.15) is 0 Å². The Morgan fingerprint density at radius 3 is 2.40 bits per heavy atom. The number of aliphatic carboxylic acids is 1. The summed E-state index contributed by atoms with van der Waals surface area (Å²) in [5.41, 5.74) is 0. The molecule has 15 heavy (non-hydrogen) atoms. The van der Waals surface area contributed by atoms with E-state index in [4.69, 9.17) is 5.11 Å². The summed E-state index contributed by atoms with van der Waals surface area (Å²) in [5.74, 6) is -1.67. The van der Waals surface area contributed by atoms with E-state index < -0.39 is 37.9 Å². The lowest BCUT2D eigenvalue weighted by atomic mass is 9.98. The Morgan fingerprint density at radius 2 is 2.07 bits per heavy atom. The summed E-state index contributed by atoms with van der Waals surface area (Å²) >= 11 is 0. The molecule has 2 saturated heterocycles. The molecule has 84 valence electrons. The van der Waals surface area contributed by atoms with Gasteiger partial charge in [0.15, 0.2) is 9.84 Å². The molecule has 0 aromatic rings. The monoisotopic (exact) mass is 233 g/mol.